The van der Waals surface area contributed by atoms with Crippen LogP contribution in [0, 0.1) is 0 Å². The van der Waals surface area contributed by atoms with Crippen LogP contribution in [0.25, 0.3) is 0 Å². The van der Waals surface area contributed by atoms with Crippen molar-refractivity contribution < 1.29 is 9.53 Å². The molecular weight excluding hydrogens is 190 g/mol. The summed E-state index contributed by atoms with van der Waals surface area (Å²) in [6.45, 7) is 0.0129. The molecule has 0 saturated carbocycles. The first kappa shape index (κ1) is 10.2. The molecule has 1 aromatic carbocycles. The number of ether oxygens (including phenoxy) is 1. The number of primary amides is 1. The second kappa shape index (κ2) is 4.45. The van der Waals surface area contributed by atoms with Crippen LogP contribution in [-0.4, -0.2) is 12.5 Å². The Bertz CT molecular complexity index is 362. The average molecular weight is 205 g/mol. The number of nitrogens with two attached hydrogens (primary N) is 1. The van der Waals surface area contributed by atoms with E-state index in [1.165, 1.54) is 11.1 Å². The first-order valence-corrected chi connectivity index (χ1v) is 5.25. The summed E-state index contributed by atoms with van der Waals surface area (Å²) >= 11 is 0. The lowest BCUT2D eigenvalue weighted by Gasteiger charge is -2.25. The van der Waals surface area contributed by atoms with Crippen molar-refractivity contribution in [3.8, 4) is 0 Å². The number of aryl methyl sites for hydroxylation is 1. The Kier molecular flexibility index (Phi) is 3.02. The molecule has 0 radical (unpaired) electrons. The summed E-state index contributed by atoms with van der Waals surface area (Å²) in [4.78, 5) is 10.7. The predicted molar refractivity (Wildman–Crippen MR) is 57.3 cm³/mol. The molecule has 80 valence electrons. The number of carbonyl (C=O) groups excluding carboxylic acids is 1. The summed E-state index contributed by atoms with van der Waals surface area (Å²) in [7, 11) is 0. The molecule has 0 saturated heterocycles. The third kappa shape index (κ3) is 2.36. The number of benzene rings is 1. The van der Waals surface area contributed by atoms with Gasteiger partial charge in [-0.25, -0.2) is 0 Å². The molecule has 3 heteroatoms. The lowest BCUT2D eigenvalue weighted by molar-refractivity contribution is -0.124. The molecule has 1 aliphatic rings. The zero-order chi connectivity index (χ0) is 10.7. The monoisotopic (exact) mass is 205 g/mol. The minimum Gasteiger partial charge on any atom is -0.368 e. The van der Waals surface area contributed by atoms with Crippen molar-refractivity contribution in [2.45, 2.75) is 25.4 Å². The van der Waals surface area contributed by atoms with Gasteiger partial charge in [0.05, 0.1) is 6.10 Å². The molecule has 2 rings (SSSR count). The van der Waals surface area contributed by atoms with Crippen LogP contribution in [0.15, 0.2) is 24.3 Å². The molecular formula is C12H15NO2. The summed E-state index contributed by atoms with van der Waals surface area (Å²) in [6, 6.07) is 8.23. The highest BCUT2D eigenvalue weighted by atomic mass is 16.5. The molecule has 15 heavy (non-hydrogen) atoms. The second-order valence-corrected chi connectivity index (χ2v) is 3.86. The highest BCUT2D eigenvalue weighted by Crippen LogP contribution is 2.31. The van der Waals surface area contributed by atoms with Crippen molar-refractivity contribution in [3.05, 3.63) is 35.4 Å². The maximum Gasteiger partial charge on any atom is 0.243 e. The molecule has 1 amide bonds. The number of hydrogen-bond donors (Lipinski definition) is 1. The smallest absolute Gasteiger partial charge is 0.243 e. The fraction of sp³-hybridized carbons (Fsp3) is 0.417. The zero-order valence-corrected chi connectivity index (χ0v) is 8.61. The summed E-state index contributed by atoms with van der Waals surface area (Å²) < 4.78 is 5.50. The van der Waals surface area contributed by atoms with E-state index in [1.807, 2.05) is 12.1 Å². The van der Waals surface area contributed by atoms with Crippen molar-refractivity contribution in [2.75, 3.05) is 6.61 Å². The number of amides is 1. The zero-order valence-electron chi connectivity index (χ0n) is 8.61. The molecule has 3 nitrogen and oxygen atoms in total. The quantitative estimate of drug-likeness (QED) is 0.814. The lowest BCUT2D eigenvalue weighted by Crippen LogP contribution is -2.22. The van der Waals surface area contributed by atoms with Gasteiger partial charge in [0.15, 0.2) is 0 Å². The minimum atomic E-state index is -0.405. The fourth-order valence-corrected chi connectivity index (χ4v) is 2.07. The molecule has 0 aromatic heterocycles. The third-order valence-corrected chi connectivity index (χ3v) is 2.74. The van der Waals surface area contributed by atoms with E-state index >= 15 is 0 Å². The number of fused-ring (bicyclic) bond motifs is 1. The topological polar surface area (TPSA) is 52.3 Å². The molecule has 0 bridgehead atoms. The molecule has 1 unspecified atom stereocenters. The van der Waals surface area contributed by atoms with Gasteiger partial charge < -0.3 is 10.5 Å². The van der Waals surface area contributed by atoms with Crippen molar-refractivity contribution in [1.29, 1.82) is 0 Å². The van der Waals surface area contributed by atoms with Gasteiger partial charge in [0.1, 0.15) is 6.61 Å². The van der Waals surface area contributed by atoms with E-state index in [-0.39, 0.29) is 12.7 Å². The molecule has 1 atom stereocenters. The van der Waals surface area contributed by atoms with Gasteiger partial charge in [0.25, 0.3) is 0 Å². The molecule has 0 heterocycles. The van der Waals surface area contributed by atoms with Crippen LogP contribution in [0.1, 0.15) is 30.1 Å². The normalized spacial score (nSPS) is 19.6. The van der Waals surface area contributed by atoms with Crippen LogP contribution < -0.4 is 5.73 Å². The van der Waals surface area contributed by atoms with Gasteiger partial charge in [-0.15, -0.1) is 0 Å². The van der Waals surface area contributed by atoms with E-state index in [4.69, 9.17) is 10.5 Å². The van der Waals surface area contributed by atoms with E-state index in [9.17, 15) is 4.79 Å². The van der Waals surface area contributed by atoms with E-state index in [1.54, 1.807) is 0 Å². The van der Waals surface area contributed by atoms with Gasteiger partial charge in [-0.3, -0.25) is 4.79 Å². The van der Waals surface area contributed by atoms with Gasteiger partial charge in [0.2, 0.25) is 5.91 Å². The number of rotatable bonds is 3. The van der Waals surface area contributed by atoms with Gasteiger partial charge >= 0.3 is 0 Å². The largest absolute Gasteiger partial charge is 0.368 e. The summed E-state index contributed by atoms with van der Waals surface area (Å²) in [5.74, 6) is -0.405. The van der Waals surface area contributed by atoms with Crippen LogP contribution >= 0.6 is 0 Å². The Morgan fingerprint density at radius 2 is 2.27 bits per heavy atom. The van der Waals surface area contributed by atoms with Crippen molar-refractivity contribution >= 4 is 5.91 Å². The molecule has 2 N–H and O–H groups in total. The number of hydrogen-bond acceptors (Lipinski definition) is 2. The maximum atomic E-state index is 10.7. The van der Waals surface area contributed by atoms with Gasteiger partial charge in [0, 0.05) is 0 Å². The number of carbonyl (C=O) groups is 1. The second-order valence-electron chi connectivity index (χ2n) is 3.86. The first-order chi connectivity index (χ1) is 7.27. The fourth-order valence-electron chi connectivity index (χ4n) is 2.07. The summed E-state index contributed by atoms with van der Waals surface area (Å²) in [5, 5.41) is 0. The van der Waals surface area contributed by atoms with Crippen molar-refractivity contribution in [1.82, 2.24) is 0 Å². The van der Waals surface area contributed by atoms with Crippen LogP contribution in [-0.2, 0) is 16.0 Å². The lowest BCUT2D eigenvalue weighted by atomic mass is 9.89. The highest BCUT2D eigenvalue weighted by molar-refractivity contribution is 5.75. The van der Waals surface area contributed by atoms with Crippen LogP contribution in [0.5, 0.6) is 0 Å². The van der Waals surface area contributed by atoms with Gasteiger partial charge in [-0.1, -0.05) is 24.3 Å². The van der Waals surface area contributed by atoms with Crippen molar-refractivity contribution in [2.24, 2.45) is 5.73 Å². The molecule has 0 fully saturated rings. The average Bonchev–Trinajstić information content (AvgIpc) is 2.26. The van der Waals surface area contributed by atoms with Gasteiger partial charge in [-0.2, -0.15) is 0 Å². The Balaban J connectivity index is 2.11. The van der Waals surface area contributed by atoms with E-state index in [0.29, 0.717) is 0 Å². The predicted octanol–water partition coefficient (Wildman–Crippen LogP) is 1.57. The van der Waals surface area contributed by atoms with Crippen LogP contribution in [0.3, 0.4) is 0 Å². The maximum absolute atomic E-state index is 10.7. The molecule has 0 spiro atoms. The Morgan fingerprint density at radius 1 is 1.47 bits per heavy atom. The molecule has 1 aliphatic carbocycles. The minimum absolute atomic E-state index is 0.0129. The standard InChI is InChI=1S/C12H15NO2/c13-12(14)8-15-11-7-3-5-9-4-1-2-6-10(9)11/h1-2,4,6,11H,3,5,7-8H2,(H2,13,14). The first-order valence-electron chi connectivity index (χ1n) is 5.25. The van der Waals surface area contributed by atoms with Crippen LogP contribution in [0.4, 0.5) is 0 Å². The Morgan fingerprint density at radius 3 is 3.07 bits per heavy atom. The SMILES string of the molecule is NC(=O)COC1CCCc2ccccc21. The summed E-state index contributed by atoms with van der Waals surface area (Å²) in [6.07, 6.45) is 3.24. The van der Waals surface area contributed by atoms with E-state index in [0.717, 1.165) is 19.3 Å². The summed E-state index contributed by atoms with van der Waals surface area (Å²) in [5.41, 5.74) is 7.61. The molecule has 0 aliphatic heterocycles. The third-order valence-electron chi connectivity index (χ3n) is 2.74. The highest BCUT2D eigenvalue weighted by Gasteiger charge is 2.20. The Hall–Kier alpha value is -1.35. The van der Waals surface area contributed by atoms with E-state index in [2.05, 4.69) is 12.1 Å². The Labute approximate surface area is 89.2 Å². The van der Waals surface area contributed by atoms with Crippen molar-refractivity contribution in [3.63, 3.8) is 0 Å². The molecule has 1 aromatic rings. The van der Waals surface area contributed by atoms with Crippen LogP contribution in [0.2, 0.25) is 0 Å². The van der Waals surface area contributed by atoms with E-state index < -0.39 is 5.91 Å². The van der Waals surface area contributed by atoms with Gasteiger partial charge in [-0.05, 0) is 30.4 Å².